The smallest absolute Gasteiger partial charge is 0.248 e. The van der Waals surface area contributed by atoms with Crippen LogP contribution in [0.4, 0.5) is 5.69 Å². The number of carbonyl (C=O) groups excluding carboxylic acids is 1. The van der Waals surface area contributed by atoms with E-state index in [1.165, 1.54) is 6.08 Å². The van der Waals surface area contributed by atoms with Gasteiger partial charge in [0.2, 0.25) is 5.91 Å². The van der Waals surface area contributed by atoms with Gasteiger partial charge < -0.3 is 10.1 Å². The van der Waals surface area contributed by atoms with Gasteiger partial charge >= 0.3 is 0 Å². The third kappa shape index (κ3) is 4.25. The van der Waals surface area contributed by atoms with Crippen LogP contribution in [0.5, 0.6) is 5.75 Å². The minimum Gasteiger partial charge on any atom is -0.496 e. The first kappa shape index (κ1) is 15.4. The Labute approximate surface area is 133 Å². The number of hydrogen-bond acceptors (Lipinski definition) is 2. The van der Waals surface area contributed by atoms with E-state index in [-0.39, 0.29) is 5.91 Å². The van der Waals surface area contributed by atoms with E-state index >= 15 is 0 Å². The number of methoxy groups -OCH3 is 1. The summed E-state index contributed by atoms with van der Waals surface area (Å²) in [4.78, 5) is 11.9. The third-order valence-electron chi connectivity index (χ3n) is 2.74. The topological polar surface area (TPSA) is 38.3 Å². The minimum absolute atomic E-state index is 0.265. The summed E-state index contributed by atoms with van der Waals surface area (Å²) in [5.74, 6) is 0.440. The van der Waals surface area contributed by atoms with Crippen LogP contribution in [-0.4, -0.2) is 13.0 Å². The van der Waals surface area contributed by atoms with Crippen molar-refractivity contribution in [2.75, 3.05) is 12.4 Å². The second-order valence-electron chi connectivity index (χ2n) is 4.19. The number of hydrogen-bond donors (Lipinski definition) is 1. The molecular weight excluding hydrogens is 309 g/mol. The molecule has 2 aromatic carbocycles. The molecule has 2 rings (SSSR count). The predicted molar refractivity (Wildman–Crippen MR) is 87.1 cm³/mol. The molecule has 0 radical (unpaired) electrons. The fourth-order valence-corrected chi connectivity index (χ4v) is 2.03. The molecule has 21 heavy (non-hydrogen) atoms. The number of carbonyl (C=O) groups is 1. The fourth-order valence-electron chi connectivity index (χ4n) is 1.73. The summed E-state index contributed by atoms with van der Waals surface area (Å²) in [6, 6.07) is 12.3. The Morgan fingerprint density at radius 3 is 2.62 bits per heavy atom. The number of para-hydroxylation sites is 1. The van der Waals surface area contributed by atoms with Crippen LogP contribution in [0.25, 0.3) is 6.08 Å². The zero-order chi connectivity index (χ0) is 15.2. The Bertz CT molecular complexity index is 684. The second kappa shape index (κ2) is 7.16. The van der Waals surface area contributed by atoms with E-state index < -0.39 is 0 Å². The molecule has 0 saturated carbocycles. The molecule has 0 aliphatic carbocycles. The summed E-state index contributed by atoms with van der Waals surface area (Å²) in [5.41, 5.74) is 1.41. The van der Waals surface area contributed by atoms with Crippen LogP contribution < -0.4 is 10.1 Å². The average Bonchev–Trinajstić information content (AvgIpc) is 2.49. The first-order chi connectivity index (χ1) is 10.1. The van der Waals surface area contributed by atoms with Crippen LogP contribution in [-0.2, 0) is 4.79 Å². The summed E-state index contributed by atoms with van der Waals surface area (Å²) in [6.45, 7) is 0. The second-order valence-corrected chi connectivity index (χ2v) is 5.01. The van der Waals surface area contributed by atoms with Crippen molar-refractivity contribution in [1.82, 2.24) is 0 Å². The van der Waals surface area contributed by atoms with Crippen molar-refractivity contribution in [3.8, 4) is 5.75 Å². The number of anilines is 1. The number of rotatable bonds is 4. The fraction of sp³-hybridized carbons (Fsp3) is 0.0625. The normalized spacial score (nSPS) is 10.6. The largest absolute Gasteiger partial charge is 0.496 e. The maximum atomic E-state index is 11.9. The van der Waals surface area contributed by atoms with Gasteiger partial charge in [-0.15, -0.1) is 0 Å². The summed E-state index contributed by atoms with van der Waals surface area (Å²) in [6.07, 6.45) is 3.12. The molecule has 0 bridgehead atoms. The molecule has 0 aliphatic rings. The SMILES string of the molecule is COc1ccccc1C=CC(=O)Nc1ccc(Cl)c(Cl)c1. The highest BCUT2D eigenvalue weighted by atomic mass is 35.5. The molecule has 0 spiro atoms. The number of halogens is 2. The van der Waals surface area contributed by atoms with Crippen molar-refractivity contribution in [2.24, 2.45) is 0 Å². The van der Waals surface area contributed by atoms with Crippen LogP contribution in [0.15, 0.2) is 48.5 Å². The summed E-state index contributed by atoms with van der Waals surface area (Å²) >= 11 is 11.7. The molecule has 0 fully saturated rings. The van der Waals surface area contributed by atoms with Crippen molar-refractivity contribution in [3.63, 3.8) is 0 Å². The lowest BCUT2D eigenvalue weighted by atomic mass is 10.2. The van der Waals surface area contributed by atoms with Gasteiger partial charge in [0.25, 0.3) is 0 Å². The molecule has 1 amide bonds. The molecule has 2 aromatic rings. The minimum atomic E-state index is -0.265. The summed E-state index contributed by atoms with van der Waals surface area (Å²) in [5, 5.41) is 3.54. The molecule has 0 saturated heterocycles. The van der Waals surface area contributed by atoms with Crippen molar-refractivity contribution in [2.45, 2.75) is 0 Å². The summed E-state index contributed by atoms with van der Waals surface area (Å²) in [7, 11) is 1.59. The monoisotopic (exact) mass is 321 g/mol. The summed E-state index contributed by atoms with van der Waals surface area (Å²) < 4.78 is 5.21. The standard InChI is InChI=1S/C16H13Cl2NO2/c1-21-15-5-3-2-4-11(15)6-9-16(20)19-12-7-8-13(17)14(18)10-12/h2-10H,1H3,(H,19,20). The Kier molecular flexibility index (Phi) is 5.26. The van der Waals surface area contributed by atoms with Gasteiger partial charge in [-0.2, -0.15) is 0 Å². The Morgan fingerprint density at radius 2 is 1.90 bits per heavy atom. The van der Waals surface area contributed by atoms with Crippen molar-refractivity contribution >= 4 is 40.9 Å². The van der Waals surface area contributed by atoms with E-state index in [0.29, 0.717) is 21.5 Å². The van der Waals surface area contributed by atoms with Gasteiger partial charge in [0, 0.05) is 17.3 Å². The van der Waals surface area contributed by atoms with Gasteiger partial charge in [0.15, 0.2) is 0 Å². The number of nitrogens with one attached hydrogen (secondary N) is 1. The lowest BCUT2D eigenvalue weighted by molar-refractivity contribution is -0.111. The molecular formula is C16H13Cl2NO2. The molecule has 0 heterocycles. The highest BCUT2D eigenvalue weighted by Gasteiger charge is 2.03. The maximum Gasteiger partial charge on any atom is 0.248 e. The first-order valence-corrected chi connectivity index (χ1v) is 6.93. The molecule has 0 atom stereocenters. The van der Waals surface area contributed by atoms with Gasteiger partial charge in [0.1, 0.15) is 5.75 Å². The van der Waals surface area contributed by atoms with E-state index in [1.54, 1.807) is 31.4 Å². The average molecular weight is 322 g/mol. The predicted octanol–water partition coefficient (Wildman–Crippen LogP) is 4.65. The van der Waals surface area contributed by atoms with E-state index in [4.69, 9.17) is 27.9 Å². The van der Waals surface area contributed by atoms with Gasteiger partial charge in [-0.3, -0.25) is 4.79 Å². The molecule has 1 N–H and O–H groups in total. The van der Waals surface area contributed by atoms with Crippen molar-refractivity contribution in [1.29, 1.82) is 0 Å². The lowest BCUT2D eigenvalue weighted by Crippen LogP contribution is -2.07. The first-order valence-electron chi connectivity index (χ1n) is 6.17. The molecule has 3 nitrogen and oxygen atoms in total. The molecule has 5 heteroatoms. The van der Waals surface area contributed by atoms with Crippen molar-refractivity contribution in [3.05, 3.63) is 64.1 Å². The van der Waals surface area contributed by atoms with Crippen LogP contribution in [0.1, 0.15) is 5.56 Å². The van der Waals surface area contributed by atoms with Crippen LogP contribution in [0.3, 0.4) is 0 Å². The van der Waals surface area contributed by atoms with Crippen molar-refractivity contribution < 1.29 is 9.53 Å². The molecule has 0 unspecified atom stereocenters. The number of amides is 1. The molecule has 0 aromatic heterocycles. The van der Waals surface area contributed by atoms with E-state index in [0.717, 1.165) is 5.56 Å². The Morgan fingerprint density at radius 1 is 1.14 bits per heavy atom. The van der Waals surface area contributed by atoms with Gasteiger partial charge in [-0.1, -0.05) is 41.4 Å². The Balaban J connectivity index is 2.07. The third-order valence-corrected chi connectivity index (χ3v) is 3.48. The van der Waals surface area contributed by atoms with Crippen LogP contribution >= 0.6 is 23.2 Å². The zero-order valence-electron chi connectivity index (χ0n) is 11.3. The zero-order valence-corrected chi connectivity index (χ0v) is 12.8. The van der Waals surface area contributed by atoms with E-state index in [1.807, 2.05) is 24.3 Å². The lowest BCUT2D eigenvalue weighted by Gasteiger charge is -2.05. The molecule has 0 aliphatic heterocycles. The van der Waals surface area contributed by atoms with Gasteiger partial charge in [-0.05, 0) is 30.3 Å². The quantitative estimate of drug-likeness (QED) is 0.832. The van der Waals surface area contributed by atoms with Crippen LogP contribution in [0.2, 0.25) is 10.0 Å². The van der Waals surface area contributed by atoms with Gasteiger partial charge in [0.05, 0.1) is 17.2 Å². The van der Waals surface area contributed by atoms with Crippen LogP contribution in [0, 0.1) is 0 Å². The maximum absolute atomic E-state index is 11.9. The van der Waals surface area contributed by atoms with E-state index in [2.05, 4.69) is 5.32 Å². The molecule has 108 valence electrons. The highest BCUT2D eigenvalue weighted by Crippen LogP contribution is 2.25. The Hall–Kier alpha value is -1.97. The highest BCUT2D eigenvalue weighted by molar-refractivity contribution is 6.42. The van der Waals surface area contributed by atoms with Gasteiger partial charge in [-0.25, -0.2) is 0 Å². The number of ether oxygens (including phenoxy) is 1. The van der Waals surface area contributed by atoms with E-state index in [9.17, 15) is 4.79 Å². The number of benzene rings is 2.